The molecule has 1 fully saturated rings. The van der Waals surface area contributed by atoms with E-state index in [0.717, 1.165) is 28.8 Å². The van der Waals surface area contributed by atoms with E-state index in [0.29, 0.717) is 27.8 Å². The van der Waals surface area contributed by atoms with Crippen molar-refractivity contribution in [1.82, 2.24) is 0 Å². The van der Waals surface area contributed by atoms with Crippen molar-refractivity contribution >= 4 is 61.4 Å². The van der Waals surface area contributed by atoms with Crippen molar-refractivity contribution in [1.29, 1.82) is 0 Å². The third-order valence-corrected chi connectivity index (χ3v) is 7.66. The third-order valence-electron chi connectivity index (χ3n) is 5.66. The molecule has 0 unspecified atom stereocenters. The molecular weight excluding hydrogens is 552 g/mol. The lowest BCUT2D eigenvalue weighted by molar-refractivity contribution is -0.118. The highest BCUT2D eigenvalue weighted by Crippen LogP contribution is 2.27. The quantitative estimate of drug-likeness (QED) is 0.391. The number of rotatable bonds is 7. The number of hydrogen-bond acceptors (Lipinski definition) is 5. The first-order valence-corrected chi connectivity index (χ1v) is 13.7. The maximum absolute atomic E-state index is 13.1. The van der Waals surface area contributed by atoms with E-state index in [9.17, 15) is 13.8 Å². The first-order chi connectivity index (χ1) is 16.8. The summed E-state index contributed by atoms with van der Waals surface area (Å²) in [5, 5.41) is 3.27. The van der Waals surface area contributed by atoms with Crippen LogP contribution >= 0.6 is 27.5 Å². The molecule has 0 radical (unpaired) electrons. The Balaban J connectivity index is 1.42. The van der Waals surface area contributed by atoms with E-state index in [1.54, 1.807) is 30.3 Å². The van der Waals surface area contributed by atoms with Gasteiger partial charge in [0.05, 0.1) is 5.56 Å². The molecule has 3 aromatic rings. The first kappa shape index (κ1) is 25.4. The predicted octanol–water partition coefficient (Wildman–Crippen LogP) is 5.23. The molecule has 182 valence electrons. The van der Waals surface area contributed by atoms with Gasteiger partial charge in [-0.15, -0.1) is 0 Å². The van der Waals surface area contributed by atoms with Crippen LogP contribution in [0.15, 0.2) is 65.1 Å². The average molecular weight is 576 g/mol. The predicted molar refractivity (Wildman–Crippen MR) is 144 cm³/mol. The van der Waals surface area contributed by atoms with Crippen molar-refractivity contribution in [3.8, 4) is 5.75 Å². The first-order valence-electron chi connectivity index (χ1n) is 11.0. The molecule has 35 heavy (non-hydrogen) atoms. The number of ether oxygens (including phenoxy) is 1. The van der Waals surface area contributed by atoms with E-state index in [1.807, 2.05) is 31.2 Å². The van der Waals surface area contributed by atoms with Crippen LogP contribution in [0.5, 0.6) is 5.75 Å². The van der Waals surface area contributed by atoms with Crippen molar-refractivity contribution in [2.45, 2.75) is 6.92 Å². The lowest BCUT2D eigenvalue weighted by Gasteiger charge is -2.29. The summed E-state index contributed by atoms with van der Waals surface area (Å²) in [6.45, 7) is 3.18. The van der Waals surface area contributed by atoms with Crippen molar-refractivity contribution in [3.05, 3.63) is 86.8 Å². The average Bonchev–Trinajstić information content (AvgIpc) is 2.84. The fourth-order valence-electron chi connectivity index (χ4n) is 3.80. The summed E-state index contributed by atoms with van der Waals surface area (Å²) in [7, 11) is -0.732. The maximum Gasteiger partial charge on any atom is 0.262 e. The smallest absolute Gasteiger partial charge is 0.262 e. The van der Waals surface area contributed by atoms with E-state index in [-0.39, 0.29) is 29.6 Å². The number of halogens is 2. The number of carbonyl (C=O) groups is 2. The topological polar surface area (TPSA) is 75.7 Å². The number of anilines is 2. The summed E-state index contributed by atoms with van der Waals surface area (Å²) in [5.74, 6) is 1.03. The zero-order chi connectivity index (χ0) is 24.9. The van der Waals surface area contributed by atoms with Gasteiger partial charge in [-0.25, -0.2) is 0 Å². The van der Waals surface area contributed by atoms with E-state index in [4.69, 9.17) is 16.3 Å². The minimum atomic E-state index is -0.732. The van der Waals surface area contributed by atoms with Crippen LogP contribution in [-0.4, -0.2) is 47.1 Å². The van der Waals surface area contributed by atoms with Crippen LogP contribution in [-0.2, 0) is 15.6 Å². The molecule has 1 aliphatic heterocycles. The molecule has 1 heterocycles. The van der Waals surface area contributed by atoms with Gasteiger partial charge in [-0.05, 0) is 61.0 Å². The minimum absolute atomic E-state index is 0.253. The summed E-state index contributed by atoms with van der Waals surface area (Å²) in [4.78, 5) is 27.9. The summed E-state index contributed by atoms with van der Waals surface area (Å²) < 4.78 is 18.1. The van der Waals surface area contributed by atoms with Gasteiger partial charge in [0, 0.05) is 61.8 Å². The van der Waals surface area contributed by atoms with E-state index >= 15 is 0 Å². The Morgan fingerprint density at radius 2 is 1.86 bits per heavy atom. The second-order valence-electron chi connectivity index (χ2n) is 8.15. The SMILES string of the molecule is Cc1cc(N2CCS(=O)CC2)ccc1NC(=O)COc1ccc(Cl)cc1C(=O)c1cccc(Br)c1. The lowest BCUT2D eigenvalue weighted by atomic mass is 10.0. The Bertz CT molecular complexity index is 1290. The summed E-state index contributed by atoms with van der Waals surface area (Å²) in [6.07, 6.45) is 0. The number of ketones is 1. The van der Waals surface area contributed by atoms with Crippen molar-refractivity contribution in [2.75, 3.05) is 41.4 Å². The molecule has 0 aromatic heterocycles. The number of hydrogen-bond donors (Lipinski definition) is 1. The van der Waals surface area contributed by atoms with Crippen LogP contribution in [0.3, 0.4) is 0 Å². The number of nitrogens with zero attached hydrogens (tertiary/aromatic N) is 1. The van der Waals surface area contributed by atoms with Crippen LogP contribution in [0.4, 0.5) is 11.4 Å². The van der Waals surface area contributed by atoms with Gasteiger partial charge in [-0.3, -0.25) is 13.8 Å². The number of aryl methyl sites for hydroxylation is 1. The molecule has 0 saturated carbocycles. The van der Waals surface area contributed by atoms with Crippen LogP contribution in [0.1, 0.15) is 21.5 Å². The van der Waals surface area contributed by atoms with Crippen molar-refractivity contribution in [2.24, 2.45) is 0 Å². The zero-order valence-electron chi connectivity index (χ0n) is 19.1. The zero-order valence-corrected chi connectivity index (χ0v) is 22.2. The summed E-state index contributed by atoms with van der Waals surface area (Å²) >= 11 is 9.50. The minimum Gasteiger partial charge on any atom is -0.483 e. The maximum atomic E-state index is 13.1. The Kier molecular flexibility index (Phi) is 8.26. The molecule has 1 aliphatic rings. The van der Waals surface area contributed by atoms with Gasteiger partial charge in [0.1, 0.15) is 5.75 Å². The normalized spacial score (nSPS) is 14.0. The Morgan fingerprint density at radius 3 is 2.57 bits per heavy atom. The van der Waals surface area contributed by atoms with Gasteiger partial charge in [0.25, 0.3) is 5.91 Å². The molecule has 1 saturated heterocycles. The Hall–Kier alpha value is -2.68. The van der Waals surface area contributed by atoms with Crippen LogP contribution in [0.25, 0.3) is 0 Å². The van der Waals surface area contributed by atoms with E-state index in [1.165, 1.54) is 6.07 Å². The largest absolute Gasteiger partial charge is 0.483 e. The molecule has 0 spiro atoms. The van der Waals surface area contributed by atoms with Gasteiger partial charge in [-0.1, -0.05) is 39.7 Å². The van der Waals surface area contributed by atoms with Gasteiger partial charge in [-0.2, -0.15) is 0 Å². The molecule has 3 aromatic carbocycles. The number of amides is 1. The molecule has 0 aliphatic carbocycles. The molecule has 6 nitrogen and oxygen atoms in total. The van der Waals surface area contributed by atoms with Crippen LogP contribution in [0, 0.1) is 6.92 Å². The highest BCUT2D eigenvalue weighted by Gasteiger charge is 2.18. The van der Waals surface area contributed by atoms with Crippen molar-refractivity contribution in [3.63, 3.8) is 0 Å². The van der Waals surface area contributed by atoms with Gasteiger partial charge in [0.15, 0.2) is 12.4 Å². The van der Waals surface area contributed by atoms with E-state index in [2.05, 4.69) is 26.1 Å². The fourth-order valence-corrected chi connectivity index (χ4v) is 5.42. The fraction of sp³-hybridized carbons (Fsp3) is 0.231. The second-order valence-corrected chi connectivity index (χ2v) is 11.2. The standard InChI is InChI=1S/C26H24BrClN2O4S/c1-17-13-21(30-9-11-35(33)12-10-30)6-7-23(17)29-25(31)16-34-24-8-5-20(28)15-22(24)26(32)18-3-2-4-19(27)14-18/h2-8,13-15H,9-12,16H2,1H3,(H,29,31). The molecule has 1 N–H and O–H groups in total. The van der Waals surface area contributed by atoms with Crippen molar-refractivity contribution < 1.29 is 18.5 Å². The molecule has 9 heteroatoms. The summed E-state index contributed by atoms with van der Waals surface area (Å²) in [5.41, 5.74) is 3.41. The molecule has 0 atom stereocenters. The molecule has 4 rings (SSSR count). The Morgan fingerprint density at radius 1 is 1.09 bits per heavy atom. The van der Waals surface area contributed by atoms with E-state index < -0.39 is 10.8 Å². The number of carbonyl (C=O) groups excluding carboxylic acids is 2. The summed E-state index contributed by atoms with van der Waals surface area (Å²) in [6, 6.07) is 17.6. The second kappa shape index (κ2) is 11.4. The number of nitrogens with one attached hydrogen (secondary N) is 1. The third kappa shape index (κ3) is 6.51. The highest BCUT2D eigenvalue weighted by molar-refractivity contribution is 9.10. The van der Waals surface area contributed by atoms with Crippen LogP contribution < -0.4 is 15.0 Å². The van der Waals surface area contributed by atoms with Gasteiger partial charge >= 0.3 is 0 Å². The monoisotopic (exact) mass is 574 g/mol. The molecular formula is C26H24BrClN2O4S. The van der Waals surface area contributed by atoms with Crippen LogP contribution in [0.2, 0.25) is 5.02 Å². The lowest BCUT2D eigenvalue weighted by Crippen LogP contribution is -2.37. The number of benzene rings is 3. The highest BCUT2D eigenvalue weighted by atomic mass is 79.9. The molecule has 1 amide bonds. The molecule has 0 bridgehead atoms. The Labute approximate surface area is 220 Å². The van der Waals surface area contributed by atoms with Gasteiger partial charge in [0.2, 0.25) is 0 Å². The van der Waals surface area contributed by atoms with Gasteiger partial charge < -0.3 is 15.0 Å².